The van der Waals surface area contributed by atoms with Gasteiger partial charge in [0.05, 0.1) is 18.8 Å². The van der Waals surface area contributed by atoms with Gasteiger partial charge in [0.1, 0.15) is 23.8 Å². The Bertz CT molecular complexity index is 1230. The standard InChI is InChI=1S/C32H49N7O7/c1-6-10-21(25(40)30(44)35-16-18-46-5)36-28(42)23-13-17-39(23)31(45)26(32(2,3)4)38-29(43)24(20-11-8-7-9-12-20)37-27(41)22-19-33-14-15-34-22/h14-15,19-21,23-24,26H,6-13,16-18H2,1-5H3,(H,35,44)(H,36,42)(H,37,41)(H,38,43)/t21?,23?,24-,26+/m0/s1. The molecule has 1 aliphatic heterocycles. The highest BCUT2D eigenvalue weighted by atomic mass is 16.5. The first-order chi connectivity index (χ1) is 21.9. The van der Waals surface area contributed by atoms with Gasteiger partial charge in [-0.05, 0) is 37.0 Å². The zero-order valence-electron chi connectivity index (χ0n) is 27.6. The van der Waals surface area contributed by atoms with Crippen LogP contribution in [0.1, 0.15) is 89.5 Å². The Labute approximate surface area is 270 Å². The maximum absolute atomic E-state index is 13.9. The minimum atomic E-state index is -1.04. The minimum absolute atomic E-state index is 0.0845. The van der Waals surface area contributed by atoms with Crippen LogP contribution in [0.2, 0.25) is 0 Å². The summed E-state index contributed by atoms with van der Waals surface area (Å²) < 4.78 is 4.90. The topological polar surface area (TPSA) is 189 Å². The van der Waals surface area contributed by atoms with E-state index in [1.165, 1.54) is 30.6 Å². The lowest BCUT2D eigenvalue weighted by Gasteiger charge is -2.44. The Balaban J connectivity index is 1.73. The van der Waals surface area contributed by atoms with Gasteiger partial charge in [-0.15, -0.1) is 0 Å². The Morgan fingerprint density at radius 3 is 2.28 bits per heavy atom. The molecule has 2 unspecified atom stereocenters. The zero-order valence-corrected chi connectivity index (χ0v) is 27.6. The van der Waals surface area contributed by atoms with Gasteiger partial charge in [0.15, 0.2) is 0 Å². The molecule has 14 nitrogen and oxygen atoms in total. The maximum atomic E-state index is 13.9. The summed E-state index contributed by atoms with van der Waals surface area (Å²) in [7, 11) is 1.48. The number of ketones is 1. The highest BCUT2D eigenvalue weighted by Gasteiger charge is 2.46. The number of carbonyl (C=O) groups is 6. The summed E-state index contributed by atoms with van der Waals surface area (Å²) >= 11 is 0. The molecule has 1 aliphatic carbocycles. The molecule has 0 spiro atoms. The summed E-state index contributed by atoms with van der Waals surface area (Å²) in [5.41, 5.74) is -0.655. The normalized spacial score (nSPS) is 18.7. The van der Waals surface area contributed by atoms with Crippen LogP contribution in [-0.4, -0.2) is 101 Å². The van der Waals surface area contributed by atoms with Gasteiger partial charge in [-0.2, -0.15) is 0 Å². The van der Waals surface area contributed by atoms with Crippen molar-refractivity contribution in [1.29, 1.82) is 0 Å². The quantitative estimate of drug-likeness (QED) is 0.159. The lowest BCUT2D eigenvalue weighted by atomic mass is 9.81. The van der Waals surface area contributed by atoms with Crippen LogP contribution >= 0.6 is 0 Å². The fraction of sp³-hybridized carbons (Fsp3) is 0.688. The molecule has 1 aromatic heterocycles. The van der Waals surface area contributed by atoms with E-state index in [2.05, 4.69) is 31.2 Å². The predicted molar refractivity (Wildman–Crippen MR) is 168 cm³/mol. The monoisotopic (exact) mass is 643 g/mol. The number of rotatable bonds is 15. The van der Waals surface area contributed by atoms with E-state index in [0.717, 1.165) is 32.1 Å². The van der Waals surface area contributed by atoms with Crippen molar-refractivity contribution in [1.82, 2.24) is 36.1 Å². The summed E-state index contributed by atoms with van der Waals surface area (Å²) in [6.07, 6.45) is 9.76. The molecule has 46 heavy (non-hydrogen) atoms. The molecule has 0 radical (unpaired) electrons. The molecule has 2 fully saturated rings. The van der Waals surface area contributed by atoms with E-state index in [0.29, 0.717) is 19.4 Å². The van der Waals surface area contributed by atoms with Crippen molar-refractivity contribution in [3.05, 3.63) is 24.3 Å². The number of nitrogens with one attached hydrogen (secondary N) is 4. The van der Waals surface area contributed by atoms with E-state index in [9.17, 15) is 28.8 Å². The maximum Gasteiger partial charge on any atom is 0.289 e. The molecule has 1 saturated heterocycles. The van der Waals surface area contributed by atoms with Gasteiger partial charge in [-0.3, -0.25) is 33.8 Å². The number of amides is 5. The number of methoxy groups -OCH3 is 1. The summed E-state index contributed by atoms with van der Waals surface area (Å²) in [5.74, 6) is -3.68. The highest BCUT2D eigenvalue weighted by Crippen LogP contribution is 2.29. The van der Waals surface area contributed by atoms with Crippen molar-refractivity contribution in [3.8, 4) is 0 Å². The van der Waals surface area contributed by atoms with Crippen LogP contribution in [0.3, 0.4) is 0 Å². The second kappa shape index (κ2) is 17.1. The molecular weight excluding hydrogens is 594 g/mol. The zero-order chi connectivity index (χ0) is 33.9. The summed E-state index contributed by atoms with van der Waals surface area (Å²) in [4.78, 5) is 88.7. The Morgan fingerprint density at radius 2 is 1.72 bits per heavy atom. The second-order valence-electron chi connectivity index (χ2n) is 13.0. The predicted octanol–water partition coefficient (Wildman–Crippen LogP) is 0.904. The van der Waals surface area contributed by atoms with Crippen molar-refractivity contribution >= 4 is 35.3 Å². The number of nitrogens with zero attached hydrogens (tertiary/aromatic N) is 3. The Morgan fingerprint density at radius 1 is 1.00 bits per heavy atom. The smallest absolute Gasteiger partial charge is 0.289 e. The fourth-order valence-corrected chi connectivity index (χ4v) is 5.80. The van der Waals surface area contributed by atoms with Crippen molar-refractivity contribution in [3.63, 3.8) is 0 Å². The molecule has 1 aromatic rings. The minimum Gasteiger partial charge on any atom is -0.383 e. The molecule has 0 bridgehead atoms. The Hall–Kier alpha value is -3.94. The number of ether oxygens (including phenoxy) is 1. The van der Waals surface area contributed by atoms with Crippen molar-refractivity contribution in [2.24, 2.45) is 11.3 Å². The summed E-state index contributed by atoms with van der Waals surface area (Å²) in [6, 6.07) is -3.79. The summed E-state index contributed by atoms with van der Waals surface area (Å²) in [5, 5.41) is 10.9. The number of likely N-dealkylation sites (tertiary alicyclic amines) is 1. The SMILES string of the molecule is CCCC(NC(=O)C1CCN1C(=O)[C@@H](NC(=O)[C@@H](NC(=O)c1cnccn1)C1CCCCC1)C(C)(C)C)C(=O)C(=O)NCCOC. The first kappa shape index (κ1) is 36.5. The average molecular weight is 644 g/mol. The van der Waals surface area contributed by atoms with Gasteiger partial charge in [-0.1, -0.05) is 53.4 Å². The van der Waals surface area contributed by atoms with Crippen molar-refractivity contribution < 1.29 is 33.5 Å². The fourth-order valence-electron chi connectivity index (χ4n) is 5.80. The third kappa shape index (κ3) is 9.78. The first-order valence-corrected chi connectivity index (χ1v) is 16.2. The van der Waals surface area contributed by atoms with Crippen molar-refractivity contribution in [2.45, 2.75) is 103 Å². The van der Waals surface area contributed by atoms with E-state index < -0.39 is 64.9 Å². The van der Waals surface area contributed by atoms with E-state index in [1.54, 1.807) is 0 Å². The van der Waals surface area contributed by atoms with Crippen LogP contribution in [0.15, 0.2) is 18.6 Å². The molecular formula is C32H49N7O7. The molecule has 2 aliphatic rings. The Kier molecular flexibility index (Phi) is 13.6. The van der Waals surface area contributed by atoms with Crippen LogP contribution in [0.25, 0.3) is 0 Å². The summed E-state index contributed by atoms with van der Waals surface area (Å²) in [6.45, 7) is 7.97. The third-order valence-corrected chi connectivity index (χ3v) is 8.52. The van der Waals surface area contributed by atoms with Crippen LogP contribution in [0.4, 0.5) is 0 Å². The number of aromatic nitrogens is 2. The van der Waals surface area contributed by atoms with E-state index in [-0.39, 0.29) is 31.2 Å². The van der Waals surface area contributed by atoms with Gasteiger partial charge >= 0.3 is 0 Å². The molecule has 3 rings (SSSR count). The van der Waals surface area contributed by atoms with Crippen LogP contribution in [0.5, 0.6) is 0 Å². The van der Waals surface area contributed by atoms with Crippen LogP contribution in [0, 0.1) is 11.3 Å². The van der Waals surface area contributed by atoms with Crippen molar-refractivity contribution in [2.75, 3.05) is 26.8 Å². The number of hydrogen-bond donors (Lipinski definition) is 4. The molecule has 5 amide bonds. The number of Topliss-reactive ketones (excluding diaryl/α,β-unsaturated/α-hetero) is 1. The van der Waals surface area contributed by atoms with E-state index >= 15 is 0 Å². The molecule has 4 N–H and O–H groups in total. The average Bonchev–Trinajstić information content (AvgIpc) is 3.01. The van der Waals surface area contributed by atoms with E-state index in [4.69, 9.17) is 4.74 Å². The molecule has 0 aromatic carbocycles. The van der Waals surface area contributed by atoms with Gasteiger partial charge < -0.3 is 30.9 Å². The van der Waals surface area contributed by atoms with Gasteiger partial charge in [0, 0.05) is 32.6 Å². The molecule has 4 atom stereocenters. The molecule has 1 saturated carbocycles. The van der Waals surface area contributed by atoms with Crippen LogP contribution in [-0.2, 0) is 28.7 Å². The lowest BCUT2D eigenvalue weighted by Crippen LogP contribution is -2.66. The lowest BCUT2D eigenvalue weighted by molar-refractivity contribution is -0.153. The largest absolute Gasteiger partial charge is 0.383 e. The third-order valence-electron chi connectivity index (χ3n) is 8.52. The molecule has 2 heterocycles. The number of hydrogen-bond acceptors (Lipinski definition) is 9. The van der Waals surface area contributed by atoms with Crippen LogP contribution < -0.4 is 21.3 Å². The molecule has 254 valence electrons. The van der Waals surface area contributed by atoms with Gasteiger partial charge in [0.25, 0.3) is 11.8 Å². The second-order valence-corrected chi connectivity index (χ2v) is 13.0. The number of carbonyl (C=O) groups excluding carboxylic acids is 6. The highest BCUT2D eigenvalue weighted by molar-refractivity contribution is 6.38. The molecule has 14 heteroatoms. The van der Waals surface area contributed by atoms with E-state index in [1.807, 2.05) is 27.7 Å². The van der Waals surface area contributed by atoms with Gasteiger partial charge in [-0.25, -0.2) is 4.98 Å². The van der Waals surface area contributed by atoms with Gasteiger partial charge in [0.2, 0.25) is 23.5 Å². The first-order valence-electron chi connectivity index (χ1n) is 16.2.